The lowest BCUT2D eigenvalue weighted by Crippen LogP contribution is -2.27. The fourth-order valence-corrected chi connectivity index (χ4v) is 2.96. The van der Waals surface area contributed by atoms with Crippen molar-refractivity contribution in [2.75, 3.05) is 13.6 Å². The van der Waals surface area contributed by atoms with E-state index in [1.807, 2.05) is 31.3 Å². The minimum absolute atomic E-state index is 0.0443. The molecule has 0 unspecified atom stereocenters. The molecule has 1 aromatic rings. The van der Waals surface area contributed by atoms with E-state index >= 15 is 0 Å². The van der Waals surface area contributed by atoms with Crippen LogP contribution in [0.3, 0.4) is 0 Å². The number of nitrogens with one attached hydrogen (secondary N) is 2. The highest BCUT2D eigenvalue weighted by atomic mass is 32.2. The predicted octanol–water partition coefficient (Wildman–Crippen LogP) is 1.87. The quantitative estimate of drug-likeness (QED) is 0.766. The van der Waals surface area contributed by atoms with Crippen molar-refractivity contribution >= 4 is 10.0 Å². The van der Waals surface area contributed by atoms with Gasteiger partial charge in [0.2, 0.25) is 10.0 Å². The Morgan fingerprint density at radius 3 is 2.53 bits per heavy atom. The molecule has 0 aliphatic rings. The molecule has 0 aromatic heterocycles. The van der Waals surface area contributed by atoms with Crippen LogP contribution in [0.5, 0.6) is 0 Å². The Hall–Kier alpha value is -0.910. The van der Waals surface area contributed by atoms with Gasteiger partial charge in [0.25, 0.3) is 0 Å². The van der Waals surface area contributed by atoms with E-state index in [9.17, 15) is 8.42 Å². The minimum atomic E-state index is -3.23. The zero-order chi connectivity index (χ0) is 14.3. The molecule has 19 heavy (non-hydrogen) atoms. The number of hydrogen-bond donors (Lipinski definition) is 2. The molecule has 0 spiro atoms. The molecule has 0 aliphatic heterocycles. The molecular formula is C14H24N2O2S. The van der Waals surface area contributed by atoms with Gasteiger partial charge in [-0.05, 0) is 30.5 Å². The van der Waals surface area contributed by atoms with Crippen molar-refractivity contribution in [2.45, 2.75) is 32.6 Å². The van der Waals surface area contributed by atoms with E-state index in [0.717, 1.165) is 24.1 Å². The van der Waals surface area contributed by atoms with Crippen LogP contribution in [0.4, 0.5) is 0 Å². The standard InChI is InChI=1S/C14H24N2O2S/c1-12(2)7-8-16-19(17,18)11-14-6-4-5-13(9-14)10-15-3/h4-6,9,12,15-16H,7-8,10-11H2,1-3H3. The van der Waals surface area contributed by atoms with Gasteiger partial charge in [-0.3, -0.25) is 0 Å². The smallest absolute Gasteiger partial charge is 0.215 e. The van der Waals surface area contributed by atoms with Gasteiger partial charge in [-0.2, -0.15) is 0 Å². The van der Waals surface area contributed by atoms with Gasteiger partial charge < -0.3 is 5.32 Å². The van der Waals surface area contributed by atoms with E-state index in [2.05, 4.69) is 23.9 Å². The van der Waals surface area contributed by atoms with E-state index in [4.69, 9.17) is 0 Å². The van der Waals surface area contributed by atoms with Crippen LogP contribution in [-0.2, 0) is 22.3 Å². The van der Waals surface area contributed by atoms with Crippen LogP contribution in [0.15, 0.2) is 24.3 Å². The fraction of sp³-hybridized carbons (Fsp3) is 0.571. The molecule has 2 N–H and O–H groups in total. The molecule has 0 saturated carbocycles. The molecular weight excluding hydrogens is 260 g/mol. The molecule has 0 aliphatic carbocycles. The molecule has 0 saturated heterocycles. The van der Waals surface area contributed by atoms with Crippen LogP contribution in [0.1, 0.15) is 31.4 Å². The lowest BCUT2D eigenvalue weighted by atomic mass is 10.1. The average molecular weight is 284 g/mol. The Balaban J connectivity index is 2.59. The first-order chi connectivity index (χ1) is 8.93. The second kappa shape index (κ2) is 7.62. The molecule has 4 nitrogen and oxygen atoms in total. The van der Waals surface area contributed by atoms with Gasteiger partial charge in [-0.1, -0.05) is 38.1 Å². The summed E-state index contributed by atoms with van der Waals surface area (Å²) >= 11 is 0. The van der Waals surface area contributed by atoms with Crippen molar-refractivity contribution in [1.29, 1.82) is 0 Å². The van der Waals surface area contributed by atoms with Gasteiger partial charge in [0.05, 0.1) is 5.75 Å². The third-order valence-electron chi connectivity index (χ3n) is 2.77. The molecule has 108 valence electrons. The zero-order valence-electron chi connectivity index (χ0n) is 11.9. The average Bonchev–Trinajstić information content (AvgIpc) is 2.28. The van der Waals surface area contributed by atoms with Crippen molar-refractivity contribution in [1.82, 2.24) is 10.0 Å². The maximum absolute atomic E-state index is 11.9. The number of hydrogen-bond acceptors (Lipinski definition) is 3. The van der Waals surface area contributed by atoms with Gasteiger partial charge in [-0.15, -0.1) is 0 Å². The second-order valence-electron chi connectivity index (χ2n) is 5.19. The summed E-state index contributed by atoms with van der Waals surface area (Å²) < 4.78 is 26.5. The molecule has 0 amide bonds. The Bertz CT molecular complexity index is 484. The highest BCUT2D eigenvalue weighted by Gasteiger charge is 2.11. The Labute approximate surface area is 116 Å². The maximum Gasteiger partial charge on any atom is 0.215 e. The van der Waals surface area contributed by atoms with E-state index in [0.29, 0.717) is 12.5 Å². The molecule has 0 heterocycles. The summed E-state index contributed by atoms with van der Waals surface area (Å²) in [5, 5.41) is 3.06. The molecule has 0 fully saturated rings. The van der Waals surface area contributed by atoms with Crippen molar-refractivity contribution < 1.29 is 8.42 Å². The van der Waals surface area contributed by atoms with Crippen molar-refractivity contribution in [3.63, 3.8) is 0 Å². The molecule has 0 radical (unpaired) electrons. The Kier molecular flexibility index (Phi) is 6.48. The third-order valence-corrected chi connectivity index (χ3v) is 4.13. The second-order valence-corrected chi connectivity index (χ2v) is 6.99. The van der Waals surface area contributed by atoms with E-state index in [-0.39, 0.29) is 5.75 Å². The van der Waals surface area contributed by atoms with Crippen LogP contribution in [-0.4, -0.2) is 22.0 Å². The zero-order valence-corrected chi connectivity index (χ0v) is 12.8. The largest absolute Gasteiger partial charge is 0.316 e. The first-order valence-electron chi connectivity index (χ1n) is 6.62. The van der Waals surface area contributed by atoms with Crippen molar-refractivity contribution in [2.24, 2.45) is 5.92 Å². The molecule has 1 rings (SSSR count). The van der Waals surface area contributed by atoms with E-state index in [1.54, 1.807) is 0 Å². The highest BCUT2D eigenvalue weighted by Crippen LogP contribution is 2.09. The monoisotopic (exact) mass is 284 g/mol. The van der Waals surface area contributed by atoms with E-state index < -0.39 is 10.0 Å². The van der Waals surface area contributed by atoms with Crippen molar-refractivity contribution in [3.8, 4) is 0 Å². The summed E-state index contributed by atoms with van der Waals surface area (Å²) in [6, 6.07) is 7.66. The maximum atomic E-state index is 11.9. The highest BCUT2D eigenvalue weighted by molar-refractivity contribution is 7.88. The number of benzene rings is 1. The fourth-order valence-electron chi connectivity index (χ4n) is 1.81. The minimum Gasteiger partial charge on any atom is -0.316 e. The lowest BCUT2D eigenvalue weighted by Gasteiger charge is -2.09. The van der Waals surface area contributed by atoms with Gasteiger partial charge in [0.15, 0.2) is 0 Å². The van der Waals surface area contributed by atoms with Crippen LogP contribution in [0.25, 0.3) is 0 Å². The Morgan fingerprint density at radius 1 is 1.21 bits per heavy atom. The van der Waals surface area contributed by atoms with Crippen LogP contribution in [0.2, 0.25) is 0 Å². The third kappa shape index (κ3) is 6.71. The van der Waals surface area contributed by atoms with Crippen molar-refractivity contribution in [3.05, 3.63) is 35.4 Å². The summed E-state index contributed by atoms with van der Waals surface area (Å²) in [5.74, 6) is 0.546. The van der Waals surface area contributed by atoms with Gasteiger partial charge in [0, 0.05) is 13.1 Å². The molecule has 5 heteroatoms. The van der Waals surface area contributed by atoms with Gasteiger partial charge in [0.1, 0.15) is 0 Å². The van der Waals surface area contributed by atoms with Crippen LogP contribution < -0.4 is 10.0 Å². The SMILES string of the molecule is CNCc1cccc(CS(=O)(=O)NCCC(C)C)c1. The number of rotatable bonds is 8. The van der Waals surface area contributed by atoms with Gasteiger partial charge in [-0.25, -0.2) is 13.1 Å². The van der Waals surface area contributed by atoms with Gasteiger partial charge >= 0.3 is 0 Å². The topological polar surface area (TPSA) is 58.2 Å². The summed E-state index contributed by atoms with van der Waals surface area (Å²) in [7, 11) is -1.36. The molecule has 1 aromatic carbocycles. The predicted molar refractivity (Wildman–Crippen MR) is 79.3 cm³/mol. The lowest BCUT2D eigenvalue weighted by molar-refractivity contribution is 0.551. The van der Waals surface area contributed by atoms with E-state index in [1.165, 1.54) is 0 Å². The normalized spacial score (nSPS) is 12.0. The Morgan fingerprint density at radius 2 is 1.89 bits per heavy atom. The first-order valence-corrected chi connectivity index (χ1v) is 8.28. The number of sulfonamides is 1. The summed E-state index contributed by atoms with van der Waals surface area (Å²) in [5.41, 5.74) is 1.92. The molecule has 0 bridgehead atoms. The van der Waals surface area contributed by atoms with Crippen LogP contribution >= 0.6 is 0 Å². The first kappa shape index (κ1) is 16.1. The molecule has 0 atom stereocenters. The van der Waals surface area contributed by atoms with Crippen LogP contribution in [0, 0.1) is 5.92 Å². The summed E-state index contributed by atoms with van der Waals surface area (Å²) in [6.07, 6.45) is 0.860. The summed E-state index contributed by atoms with van der Waals surface area (Å²) in [6.45, 7) is 5.41. The summed E-state index contributed by atoms with van der Waals surface area (Å²) in [4.78, 5) is 0.